The normalized spacial score (nSPS) is 14.3. The van der Waals surface area contributed by atoms with Gasteiger partial charge in [-0.3, -0.25) is 4.98 Å². The molecule has 0 fully saturated rings. The topological polar surface area (TPSA) is 36.7 Å². The van der Waals surface area contributed by atoms with Gasteiger partial charge in [0.15, 0.2) is 0 Å². The number of halogens is 2. The van der Waals surface area contributed by atoms with Gasteiger partial charge >= 0.3 is 27.1 Å². The van der Waals surface area contributed by atoms with Gasteiger partial charge in [-0.1, -0.05) is 84.4 Å². The fourth-order valence-corrected chi connectivity index (χ4v) is 5.89. The third-order valence-electron chi connectivity index (χ3n) is 8.29. The average molecular weight is 818 g/mol. The standard InChI is InChI=1S/C40H29F2N5.Pt/c1-39(2,3)27-18-21-44-38(24-27)47-36-23-29(16-17-32(36)33-19-20-43-25-37(33)47)40(41,42)28-10-9-13-31(22-28)46-26-45(30-11-5-4-6-12-30)34-14-7-8-15-35(34)46;/h4-21,24-25H,1-3H3;/q;+2/i4D,5D,6D,11D,12D;. The predicted molar refractivity (Wildman–Crippen MR) is 183 cm³/mol. The molecule has 0 spiro atoms. The molecule has 4 heterocycles. The molecule has 0 atom stereocenters. The molecular weight excluding hydrogens is 784 g/mol. The predicted octanol–water partition coefficient (Wildman–Crippen LogP) is 9.47. The third kappa shape index (κ3) is 5.20. The summed E-state index contributed by atoms with van der Waals surface area (Å²) in [6.07, 6.45) is 5.07. The first kappa shape index (κ1) is 25.9. The molecule has 1 aliphatic rings. The SMILES string of the molecule is [2H]c1c([2H])c([2H])c([N+]2=C=[N+](c3[c-]c(C(F)(F)c4[c-]c5c(cc4)c4ccncc4n5-c4cc(C(C)(C)C)ccn4)ccc3)c3ccccc32)c([2H])c1[2H].[Pt+2]. The molecule has 3 aromatic heterocycles. The number of benzene rings is 4. The minimum absolute atomic E-state index is 0. The Kier molecular flexibility index (Phi) is 6.41. The van der Waals surface area contributed by atoms with Gasteiger partial charge in [0.2, 0.25) is 5.69 Å². The molecule has 0 saturated heterocycles. The van der Waals surface area contributed by atoms with Crippen LogP contribution in [-0.2, 0) is 32.4 Å². The van der Waals surface area contributed by atoms with Gasteiger partial charge in [-0.2, -0.15) is 24.3 Å². The van der Waals surface area contributed by atoms with Gasteiger partial charge in [0.1, 0.15) is 11.5 Å². The third-order valence-corrected chi connectivity index (χ3v) is 8.29. The van der Waals surface area contributed by atoms with Crippen molar-refractivity contribution in [3.05, 3.63) is 150 Å². The van der Waals surface area contributed by atoms with E-state index in [1.165, 1.54) is 27.4 Å². The maximum atomic E-state index is 16.7. The van der Waals surface area contributed by atoms with Crippen molar-refractivity contribution in [1.82, 2.24) is 23.7 Å². The summed E-state index contributed by atoms with van der Waals surface area (Å²) in [5, 5.41) is 1.55. The van der Waals surface area contributed by atoms with Crippen LogP contribution in [0.25, 0.3) is 27.6 Å². The van der Waals surface area contributed by atoms with Gasteiger partial charge < -0.3 is 4.57 Å². The number of aromatic nitrogens is 3. The Morgan fingerprint density at radius 1 is 0.812 bits per heavy atom. The van der Waals surface area contributed by atoms with E-state index in [1.54, 1.807) is 55.0 Å². The molecule has 0 unspecified atom stereocenters. The number of para-hydroxylation sites is 3. The second-order valence-corrected chi connectivity index (χ2v) is 12.3. The summed E-state index contributed by atoms with van der Waals surface area (Å²) in [7, 11) is 0. The Morgan fingerprint density at radius 2 is 1.56 bits per heavy atom. The second-order valence-electron chi connectivity index (χ2n) is 12.3. The first-order valence-electron chi connectivity index (χ1n) is 17.5. The van der Waals surface area contributed by atoms with E-state index in [0.29, 0.717) is 28.2 Å². The van der Waals surface area contributed by atoms with Crippen molar-refractivity contribution in [3.8, 4) is 5.82 Å². The van der Waals surface area contributed by atoms with E-state index in [9.17, 15) is 0 Å². The molecule has 0 amide bonds. The van der Waals surface area contributed by atoms with Gasteiger partial charge in [-0.05, 0) is 39.1 Å². The summed E-state index contributed by atoms with van der Waals surface area (Å²) in [5.74, 6) is -2.98. The molecule has 5 nitrogen and oxygen atoms in total. The Bertz CT molecular complexity index is 2690. The van der Waals surface area contributed by atoms with Crippen LogP contribution in [0.1, 0.15) is 44.3 Å². The van der Waals surface area contributed by atoms with Gasteiger partial charge in [0, 0.05) is 36.6 Å². The number of alkyl halides is 2. The zero-order valence-corrected chi connectivity index (χ0v) is 28.2. The van der Waals surface area contributed by atoms with Crippen LogP contribution in [0.3, 0.4) is 0 Å². The van der Waals surface area contributed by atoms with E-state index in [-0.39, 0.29) is 43.4 Å². The van der Waals surface area contributed by atoms with E-state index in [4.69, 9.17) is 6.85 Å². The van der Waals surface area contributed by atoms with E-state index < -0.39 is 41.7 Å². The quantitative estimate of drug-likeness (QED) is 0.128. The van der Waals surface area contributed by atoms with E-state index >= 15 is 8.78 Å². The molecule has 0 N–H and O–H groups in total. The van der Waals surface area contributed by atoms with Crippen LogP contribution >= 0.6 is 0 Å². The van der Waals surface area contributed by atoms with Crippen molar-refractivity contribution in [1.29, 1.82) is 0 Å². The summed E-state index contributed by atoms with van der Waals surface area (Å²) < 4.78 is 79.5. The number of nitrogens with zero attached hydrogens (tertiary/aromatic N) is 5. The fourth-order valence-electron chi connectivity index (χ4n) is 5.89. The van der Waals surface area contributed by atoms with Crippen molar-refractivity contribution in [2.24, 2.45) is 0 Å². The van der Waals surface area contributed by atoms with Gasteiger partial charge in [0.25, 0.3) is 17.3 Å². The van der Waals surface area contributed by atoms with Crippen molar-refractivity contribution >= 4 is 50.6 Å². The Balaban J connectivity index is 0.00000435. The summed E-state index contributed by atoms with van der Waals surface area (Å²) in [4.78, 5) is 8.94. The molecule has 7 aromatic rings. The van der Waals surface area contributed by atoms with E-state index in [0.717, 1.165) is 16.3 Å². The molecular formula is C40H29F2N5Pt+2. The minimum Gasteiger partial charge on any atom is -0.318 e. The maximum absolute atomic E-state index is 16.7. The smallest absolute Gasteiger partial charge is 0.318 e. The largest absolute Gasteiger partial charge is 2.00 e. The molecule has 0 bridgehead atoms. The zero-order valence-electron chi connectivity index (χ0n) is 31.0. The van der Waals surface area contributed by atoms with E-state index in [2.05, 4.69) is 48.9 Å². The summed E-state index contributed by atoms with van der Waals surface area (Å²) in [6, 6.07) is 26.7. The van der Waals surface area contributed by atoms with Crippen LogP contribution < -0.4 is 9.15 Å². The van der Waals surface area contributed by atoms with Gasteiger partial charge in [-0.25, -0.2) is 13.8 Å². The number of rotatable bonds is 5. The van der Waals surface area contributed by atoms with Crippen molar-refractivity contribution < 1.29 is 36.7 Å². The van der Waals surface area contributed by atoms with Gasteiger partial charge in [0.05, 0.1) is 18.6 Å². The molecule has 1 aliphatic heterocycles. The van der Waals surface area contributed by atoms with Crippen molar-refractivity contribution in [3.63, 3.8) is 0 Å². The molecule has 0 saturated carbocycles. The average Bonchev–Trinajstić information content (AvgIpc) is 3.69. The van der Waals surface area contributed by atoms with Crippen LogP contribution in [0, 0.1) is 12.1 Å². The van der Waals surface area contributed by atoms with Crippen LogP contribution in [-0.4, -0.2) is 20.5 Å². The molecule has 0 radical (unpaired) electrons. The number of fused-ring (bicyclic) bond motifs is 4. The number of hydrogen-bond donors (Lipinski definition) is 0. The maximum Gasteiger partial charge on any atom is 2.00 e. The first-order chi connectivity index (χ1) is 24.8. The number of pyridine rings is 2. The van der Waals surface area contributed by atoms with Crippen LogP contribution in [0.2, 0.25) is 0 Å². The summed E-state index contributed by atoms with van der Waals surface area (Å²) >= 11 is 0. The molecule has 8 heteroatoms. The molecule has 4 aromatic carbocycles. The zero-order chi connectivity index (χ0) is 36.7. The van der Waals surface area contributed by atoms with Crippen molar-refractivity contribution in [2.45, 2.75) is 32.1 Å². The minimum atomic E-state index is -3.55. The summed E-state index contributed by atoms with van der Waals surface area (Å²) in [5.41, 5.74) is 2.27. The first-order valence-corrected chi connectivity index (χ1v) is 15.0. The monoisotopic (exact) mass is 817 g/mol. The van der Waals surface area contributed by atoms with E-state index in [1.807, 2.05) is 22.8 Å². The van der Waals surface area contributed by atoms with Crippen LogP contribution in [0.4, 0.5) is 31.5 Å². The van der Waals surface area contributed by atoms with Crippen LogP contribution in [0.15, 0.2) is 122 Å². The summed E-state index contributed by atoms with van der Waals surface area (Å²) in [6.45, 7) is 6.29. The second kappa shape index (κ2) is 11.9. The molecule has 8 rings (SSSR count). The fraction of sp³-hybridized carbons (Fsp3) is 0.125. The molecule has 48 heavy (non-hydrogen) atoms. The van der Waals surface area contributed by atoms with Crippen molar-refractivity contribution in [2.75, 3.05) is 0 Å². The Hall–Kier alpha value is -5.09. The van der Waals surface area contributed by atoms with Crippen LogP contribution in [0.5, 0.6) is 0 Å². The molecule has 0 aliphatic carbocycles. The molecule has 236 valence electrons. The number of hydrogen-bond acceptors (Lipinski definition) is 2. The Labute approximate surface area is 298 Å². The van der Waals surface area contributed by atoms with Gasteiger partial charge in [-0.15, -0.1) is 11.5 Å². The Morgan fingerprint density at radius 3 is 2.33 bits per heavy atom.